The van der Waals surface area contributed by atoms with E-state index in [2.05, 4.69) is 10.1 Å². The van der Waals surface area contributed by atoms with Gasteiger partial charge >= 0.3 is 6.18 Å². The fourth-order valence-electron chi connectivity index (χ4n) is 2.29. The summed E-state index contributed by atoms with van der Waals surface area (Å²) in [5, 5.41) is 12.8. The average molecular weight is 264 g/mol. The average Bonchev–Trinajstić information content (AvgIpc) is 2.77. The molecule has 102 valence electrons. The molecule has 1 heterocycles. The van der Waals surface area contributed by atoms with Crippen LogP contribution in [0.25, 0.3) is 0 Å². The van der Waals surface area contributed by atoms with Crippen molar-refractivity contribution in [1.29, 1.82) is 0 Å². The predicted octanol–water partition coefficient (Wildman–Crippen LogP) is 2.96. The first-order valence-electron chi connectivity index (χ1n) is 5.96. The smallest absolute Gasteiger partial charge is 0.385 e. The lowest BCUT2D eigenvalue weighted by Crippen LogP contribution is -2.28. The van der Waals surface area contributed by atoms with Crippen LogP contribution in [0.1, 0.15) is 56.3 Å². The molecule has 1 aromatic rings. The molecule has 0 amide bonds. The maximum Gasteiger partial charge on any atom is 0.391 e. The molecular weight excluding hydrogens is 249 g/mol. The Morgan fingerprint density at radius 3 is 2.67 bits per heavy atom. The van der Waals surface area contributed by atoms with Crippen LogP contribution < -0.4 is 0 Å². The van der Waals surface area contributed by atoms with Gasteiger partial charge in [0.1, 0.15) is 6.10 Å². The standard InChI is InChI=1S/C11H15F3N2O2/c1-6(17)9-15-10(18-16-9)7-3-2-4-8(5-7)11(12,13)14/h6-8,17H,2-5H2,1H3. The molecule has 0 aliphatic heterocycles. The zero-order valence-electron chi connectivity index (χ0n) is 9.94. The van der Waals surface area contributed by atoms with Crippen LogP contribution in [0, 0.1) is 5.92 Å². The van der Waals surface area contributed by atoms with Gasteiger partial charge in [0, 0.05) is 5.92 Å². The SMILES string of the molecule is CC(O)c1noc(C2CCCC(C(F)(F)F)C2)n1. The molecule has 7 heteroatoms. The van der Waals surface area contributed by atoms with Gasteiger partial charge in [0.25, 0.3) is 0 Å². The fraction of sp³-hybridized carbons (Fsp3) is 0.818. The van der Waals surface area contributed by atoms with Crippen LogP contribution in [0.4, 0.5) is 13.2 Å². The molecule has 4 nitrogen and oxygen atoms in total. The van der Waals surface area contributed by atoms with Crippen LogP contribution in [-0.2, 0) is 0 Å². The van der Waals surface area contributed by atoms with Gasteiger partial charge in [0.05, 0.1) is 5.92 Å². The molecule has 1 fully saturated rings. The van der Waals surface area contributed by atoms with Crippen molar-refractivity contribution >= 4 is 0 Å². The second-order valence-electron chi connectivity index (χ2n) is 4.77. The molecule has 1 aliphatic carbocycles. The number of hydrogen-bond donors (Lipinski definition) is 1. The first-order valence-corrected chi connectivity index (χ1v) is 5.96. The third-order valence-corrected chi connectivity index (χ3v) is 3.32. The Balaban J connectivity index is 2.08. The van der Waals surface area contributed by atoms with Crippen molar-refractivity contribution in [2.24, 2.45) is 5.92 Å². The van der Waals surface area contributed by atoms with Gasteiger partial charge < -0.3 is 9.63 Å². The lowest BCUT2D eigenvalue weighted by molar-refractivity contribution is -0.183. The van der Waals surface area contributed by atoms with Crippen LogP contribution in [0.2, 0.25) is 0 Å². The summed E-state index contributed by atoms with van der Waals surface area (Å²) < 4.78 is 42.9. The number of aromatic nitrogens is 2. The summed E-state index contributed by atoms with van der Waals surface area (Å²) >= 11 is 0. The van der Waals surface area contributed by atoms with Crippen molar-refractivity contribution in [2.75, 3.05) is 0 Å². The number of nitrogens with zero attached hydrogens (tertiary/aromatic N) is 2. The van der Waals surface area contributed by atoms with Crippen LogP contribution >= 0.6 is 0 Å². The van der Waals surface area contributed by atoms with Crippen LogP contribution in [0.3, 0.4) is 0 Å². The summed E-state index contributed by atoms with van der Waals surface area (Å²) in [5.41, 5.74) is 0. The van der Waals surface area contributed by atoms with Crippen LogP contribution in [-0.4, -0.2) is 21.4 Å². The number of hydrogen-bond acceptors (Lipinski definition) is 4. The molecule has 1 aromatic heterocycles. The van der Waals surface area contributed by atoms with Gasteiger partial charge in [-0.1, -0.05) is 11.6 Å². The third-order valence-electron chi connectivity index (χ3n) is 3.32. The van der Waals surface area contributed by atoms with E-state index < -0.39 is 18.2 Å². The molecule has 2 rings (SSSR count). The molecule has 3 unspecified atom stereocenters. The minimum absolute atomic E-state index is 0.00899. The van der Waals surface area contributed by atoms with E-state index in [0.717, 1.165) is 0 Å². The summed E-state index contributed by atoms with van der Waals surface area (Å²) in [5.74, 6) is -1.32. The second-order valence-corrected chi connectivity index (χ2v) is 4.77. The quantitative estimate of drug-likeness (QED) is 0.892. The maximum absolute atomic E-state index is 12.7. The highest BCUT2D eigenvalue weighted by atomic mass is 19.4. The van der Waals surface area contributed by atoms with E-state index in [1.165, 1.54) is 6.92 Å². The van der Waals surface area contributed by atoms with Crippen LogP contribution in [0.5, 0.6) is 0 Å². The Bertz CT molecular complexity index is 403. The summed E-state index contributed by atoms with van der Waals surface area (Å²) in [6, 6.07) is 0. The van der Waals surface area contributed by atoms with Crippen molar-refractivity contribution in [3.8, 4) is 0 Å². The first kappa shape index (κ1) is 13.3. The van der Waals surface area contributed by atoms with E-state index in [-0.39, 0.29) is 30.5 Å². The normalized spacial score (nSPS) is 27.2. The largest absolute Gasteiger partial charge is 0.391 e. The van der Waals surface area contributed by atoms with Crippen molar-refractivity contribution in [1.82, 2.24) is 10.1 Å². The van der Waals surface area contributed by atoms with Gasteiger partial charge in [0.15, 0.2) is 5.82 Å². The van der Waals surface area contributed by atoms with E-state index >= 15 is 0 Å². The highest BCUT2D eigenvalue weighted by Gasteiger charge is 2.43. The Morgan fingerprint density at radius 2 is 2.11 bits per heavy atom. The number of rotatable bonds is 2. The highest BCUT2D eigenvalue weighted by Crippen LogP contribution is 2.43. The molecule has 0 bridgehead atoms. The zero-order valence-corrected chi connectivity index (χ0v) is 9.94. The summed E-state index contributed by atoms with van der Waals surface area (Å²) in [4.78, 5) is 3.95. The van der Waals surface area contributed by atoms with E-state index in [1.807, 2.05) is 0 Å². The van der Waals surface area contributed by atoms with Gasteiger partial charge in [-0.3, -0.25) is 0 Å². The molecule has 1 aliphatic rings. The molecular formula is C11H15F3N2O2. The minimum atomic E-state index is -4.16. The van der Waals surface area contributed by atoms with E-state index in [9.17, 15) is 18.3 Å². The Hall–Kier alpha value is -1.11. The summed E-state index contributed by atoms with van der Waals surface area (Å²) in [6.45, 7) is 1.48. The lowest BCUT2D eigenvalue weighted by Gasteiger charge is -2.28. The Kier molecular flexibility index (Phi) is 3.61. The maximum atomic E-state index is 12.7. The van der Waals surface area contributed by atoms with Gasteiger partial charge in [-0.05, 0) is 26.2 Å². The zero-order chi connectivity index (χ0) is 13.3. The number of halogens is 3. The molecule has 0 spiro atoms. The second kappa shape index (κ2) is 4.87. The Labute approximate surface area is 102 Å². The summed E-state index contributed by atoms with van der Waals surface area (Å²) in [7, 11) is 0. The van der Waals surface area contributed by atoms with Crippen molar-refractivity contribution in [2.45, 2.75) is 50.8 Å². The van der Waals surface area contributed by atoms with Crippen molar-refractivity contribution < 1.29 is 22.8 Å². The molecule has 18 heavy (non-hydrogen) atoms. The molecule has 0 saturated heterocycles. The molecule has 3 atom stereocenters. The first-order chi connectivity index (χ1) is 8.38. The highest BCUT2D eigenvalue weighted by molar-refractivity contribution is 4.98. The molecule has 0 radical (unpaired) electrons. The topological polar surface area (TPSA) is 59.2 Å². The van der Waals surface area contributed by atoms with E-state index in [0.29, 0.717) is 12.8 Å². The molecule has 0 aromatic carbocycles. The predicted molar refractivity (Wildman–Crippen MR) is 55.7 cm³/mol. The number of aliphatic hydroxyl groups is 1. The Morgan fingerprint density at radius 1 is 1.39 bits per heavy atom. The van der Waals surface area contributed by atoms with Crippen molar-refractivity contribution in [3.63, 3.8) is 0 Å². The lowest BCUT2D eigenvalue weighted by atomic mass is 9.81. The van der Waals surface area contributed by atoms with Gasteiger partial charge in [-0.25, -0.2) is 0 Å². The van der Waals surface area contributed by atoms with E-state index in [4.69, 9.17) is 4.52 Å². The summed E-state index contributed by atoms with van der Waals surface area (Å²) in [6.07, 6.45) is -3.76. The van der Waals surface area contributed by atoms with E-state index in [1.54, 1.807) is 0 Å². The van der Waals surface area contributed by atoms with Gasteiger partial charge in [-0.2, -0.15) is 18.2 Å². The van der Waals surface area contributed by atoms with Crippen LogP contribution in [0.15, 0.2) is 4.52 Å². The van der Waals surface area contributed by atoms with Gasteiger partial charge in [0.2, 0.25) is 5.89 Å². The molecule has 1 saturated carbocycles. The monoisotopic (exact) mass is 264 g/mol. The third kappa shape index (κ3) is 2.82. The van der Waals surface area contributed by atoms with Gasteiger partial charge in [-0.15, -0.1) is 0 Å². The number of alkyl halides is 3. The number of aliphatic hydroxyl groups excluding tert-OH is 1. The minimum Gasteiger partial charge on any atom is -0.385 e. The molecule has 1 N–H and O–H groups in total. The fourth-order valence-corrected chi connectivity index (χ4v) is 2.29. The van der Waals surface area contributed by atoms with Crippen molar-refractivity contribution in [3.05, 3.63) is 11.7 Å².